The van der Waals surface area contributed by atoms with Gasteiger partial charge in [-0.25, -0.2) is 4.79 Å². The highest BCUT2D eigenvalue weighted by molar-refractivity contribution is 8.14. The molecule has 0 bridgehead atoms. The number of piperidine rings is 1. The fourth-order valence-corrected chi connectivity index (χ4v) is 4.53. The molecular formula is C19H24N4O3S. The van der Waals surface area contributed by atoms with Gasteiger partial charge in [0, 0.05) is 30.4 Å². The number of likely N-dealkylation sites (tertiary alicyclic amines) is 1. The van der Waals surface area contributed by atoms with Gasteiger partial charge in [-0.05, 0) is 31.4 Å². The molecule has 27 heavy (non-hydrogen) atoms. The van der Waals surface area contributed by atoms with Gasteiger partial charge in [0.2, 0.25) is 5.91 Å². The highest BCUT2D eigenvalue weighted by Crippen LogP contribution is 2.32. The SMILES string of the molecule is Cc1ccc2c(c1)N(C1CCN(CC(=O)NC3=NCCS3)CC1)C(=O)OC2. The molecule has 1 aromatic rings. The number of aryl methyl sites for hydroxylation is 1. The van der Waals surface area contributed by atoms with Crippen LogP contribution in [0.25, 0.3) is 0 Å². The van der Waals surface area contributed by atoms with Crippen LogP contribution in [0, 0.1) is 6.92 Å². The second kappa shape index (κ2) is 7.90. The molecule has 0 aromatic heterocycles. The summed E-state index contributed by atoms with van der Waals surface area (Å²) in [6, 6.07) is 6.25. The molecule has 0 spiro atoms. The number of benzene rings is 1. The van der Waals surface area contributed by atoms with Gasteiger partial charge in [0.25, 0.3) is 0 Å². The number of ether oxygens (including phenoxy) is 1. The minimum absolute atomic E-state index is 0.0139. The molecule has 1 aromatic carbocycles. The van der Waals surface area contributed by atoms with Crippen molar-refractivity contribution in [1.29, 1.82) is 0 Å². The number of thioether (sulfide) groups is 1. The van der Waals surface area contributed by atoms with Gasteiger partial charge in [0.15, 0.2) is 5.17 Å². The van der Waals surface area contributed by atoms with Crippen LogP contribution in [0.2, 0.25) is 0 Å². The van der Waals surface area contributed by atoms with Gasteiger partial charge in [0.05, 0.1) is 18.8 Å². The lowest BCUT2D eigenvalue weighted by Crippen LogP contribution is -2.51. The minimum atomic E-state index is -0.263. The number of fused-ring (bicyclic) bond motifs is 1. The van der Waals surface area contributed by atoms with E-state index in [1.54, 1.807) is 11.8 Å². The zero-order valence-electron chi connectivity index (χ0n) is 15.4. The van der Waals surface area contributed by atoms with E-state index in [4.69, 9.17) is 4.74 Å². The van der Waals surface area contributed by atoms with Crippen LogP contribution in [0.15, 0.2) is 23.2 Å². The Morgan fingerprint density at radius 1 is 1.37 bits per heavy atom. The Hall–Kier alpha value is -2.06. The van der Waals surface area contributed by atoms with Crippen molar-refractivity contribution in [3.8, 4) is 0 Å². The number of carbonyl (C=O) groups excluding carboxylic acids is 2. The molecule has 3 aliphatic heterocycles. The first-order valence-corrected chi connectivity index (χ1v) is 10.3. The summed E-state index contributed by atoms with van der Waals surface area (Å²) in [5, 5.41) is 3.61. The Morgan fingerprint density at radius 3 is 2.93 bits per heavy atom. The summed E-state index contributed by atoms with van der Waals surface area (Å²) in [6.07, 6.45) is 1.39. The fraction of sp³-hybridized carbons (Fsp3) is 0.526. The van der Waals surface area contributed by atoms with Crippen molar-refractivity contribution in [3.63, 3.8) is 0 Å². The topological polar surface area (TPSA) is 74.2 Å². The van der Waals surface area contributed by atoms with Gasteiger partial charge in [-0.2, -0.15) is 0 Å². The number of aliphatic imine (C=N–C) groups is 1. The van der Waals surface area contributed by atoms with Crippen LogP contribution >= 0.6 is 11.8 Å². The molecule has 8 heteroatoms. The average molecular weight is 388 g/mol. The quantitative estimate of drug-likeness (QED) is 0.859. The van der Waals surface area contributed by atoms with Crippen molar-refractivity contribution in [2.24, 2.45) is 4.99 Å². The zero-order chi connectivity index (χ0) is 18.8. The van der Waals surface area contributed by atoms with E-state index in [1.807, 2.05) is 24.0 Å². The van der Waals surface area contributed by atoms with Crippen LogP contribution in [0.5, 0.6) is 0 Å². The molecule has 4 rings (SSSR count). The van der Waals surface area contributed by atoms with Gasteiger partial charge < -0.3 is 10.1 Å². The Kier molecular flexibility index (Phi) is 5.36. The van der Waals surface area contributed by atoms with Crippen LogP contribution in [-0.4, -0.2) is 60.0 Å². The van der Waals surface area contributed by atoms with Gasteiger partial charge in [0.1, 0.15) is 6.61 Å². The van der Waals surface area contributed by atoms with Crippen molar-refractivity contribution in [1.82, 2.24) is 10.2 Å². The number of nitrogens with one attached hydrogen (secondary N) is 1. The van der Waals surface area contributed by atoms with E-state index in [0.29, 0.717) is 13.2 Å². The number of nitrogens with zero attached hydrogens (tertiary/aromatic N) is 3. The minimum Gasteiger partial charge on any atom is -0.444 e. The van der Waals surface area contributed by atoms with E-state index in [-0.39, 0.29) is 18.0 Å². The number of hydrogen-bond acceptors (Lipinski definition) is 6. The van der Waals surface area contributed by atoms with Gasteiger partial charge in [-0.15, -0.1) is 0 Å². The number of amides is 2. The molecule has 1 saturated heterocycles. The van der Waals surface area contributed by atoms with Crippen LogP contribution in [0.4, 0.5) is 10.5 Å². The monoisotopic (exact) mass is 388 g/mol. The van der Waals surface area contributed by atoms with Crippen molar-refractivity contribution in [2.45, 2.75) is 32.4 Å². The van der Waals surface area contributed by atoms with Gasteiger partial charge in [-0.1, -0.05) is 23.9 Å². The molecule has 1 fully saturated rings. The van der Waals surface area contributed by atoms with Crippen molar-refractivity contribution >= 4 is 34.6 Å². The first kappa shape index (κ1) is 18.3. The average Bonchev–Trinajstić information content (AvgIpc) is 3.15. The maximum Gasteiger partial charge on any atom is 0.414 e. The maximum atomic E-state index is 12.4. The Morgan fingerprint density at radius 2 is 2.19 bits per heavy atom. The highest BCUT2D eigenvalue weighted by atomic mass is 32.2. The molecular weight excluding hydrogens is 364 g/mol. The summed E-state index contributed by atoms with van der Waals surface area (Å²) >= 11 is 1.59. The lowest BCUT2D eigenvalue weighted by molar-refractivity contribution is -0.121. The number of anilines is 1. The number of hydrogen-bond donors (Lipinski definition) is 1. The summed E-state index contributed by atoms with van der Waals surface area (Å²) in [5.41, 5.74) is 3.16. The lowest BCUT2D eigenvalue weighted by atomic mass is 10.00. The number of rotatable bonds is 3. The molecule has 1 N–H and O–H groups in total. The molecule has 0 unspecified atom stereocenters. The predicted octanol–water partition coefficient (Wildman–Crippen LogP) is 2.14. The number of cyclic esters (lactones) is 1. The van der Waals surface area contributed by atoms with E-state index in [9.17, 15) is 9.59 Å². The van der Waals surface area contributed by atoms with E-state index in [0.717, 1.165) is 60.2 Å². The van der Waals surface area contributed by atoms with Crippen LogP contribution < -0.4 is 10.2 Å². The summed E-state index contributed by atoms with van der Waals surface area (Å²) in [7, 11) is 0. The van der Waals surface area contributed by atoms with Gasteiger partial charge in [-0.3, -0.25) is 19.6 Å². The van der Waals surface area contributed by atoms with Gasteiger partial charge >= 0.3 is 6.09 Å². The second-order valence-electron chi connectivity index (χ2n) is 7.15. The Bertz CT molecular complexity index is 774. The van der Waals surface area contributed by atoms with Crippen molar-refractivity contribution in [3.05, 3.63) is 29.3 Å². The van der Waals surface area contributed by atoms with E-state index in [1.165, 1.54) is 0 Å². The van der Waals surface area contributed by atoms with Crippen LogP contribution in [-0.2, 0) is 16.1 Å². The molecule has 144 valence electrons. The summed E-state index contributed by atoms with van der Waals surface area (Å²) in [6.45, 7) is 5.08. The zero-order valence-corrected chi connectivity index (χ0v) is 16.3. The first-order valence-electron chi connectivity index (χ1n) is 9.35. The third kappa shape index (κ3) is 4.11. The summed E-state index contributed by atoms with van der Waals surface area (Å²) < 4.78 is 5.37. The summed E-state index contributed by atoms with van der Waals surface area (Å²) in [5.74, 6) is 0.924. The maximum absolute atomic E-state index is 12.4. The third-order valence-electron chi connectivity index (χ3n) is 5.17. The molecule has 0 radical (unpaired) electrons. The van der Waals surface area contributed by atoms with E-state index >= 15 is 0 Å². The molecule has 7 nitrogen and oxygen atoms in total. The molecule has 3 aliphatic rings. The standard InChI is InChI=1S/C19H24N4O3S/c1-13-2-3-14-12-26-19(25)23(16(14)10-13)15-4-7-22(8-5-15)11-17(24)21-18-20-6-9-27-18/h2-3,10,15H,4-9,11-12H2,1H3,(H,20,21,24). The number of carbonyl (C=O) groups is 2. The molecule has 3 heterocycles. The lowest BCUT2D eigenvalue weighted by Gasteiger charge is -2.40. The Labute approximate surface area is 163 Å². The van der Waals surface area contributed by atoms with Crippen LogP contribution in [0.3, 0.4) is 0 Å². The first-order chi connectivity index (χ1) is 13.1. The Balaban J connectivity index is 1.36. The smallest absolute Gasteiger partial charge is 0.414 e. The fourth-order valence-electron chi connectivity index (χ4n) is 3.78. The largest absolute Gasteiger partial charge is 0.444 e. The van der Waals surface area contributed by atoms with E-state index < -0.39 is 0 Å². The van der Waals surface area contributed by atoms with E-state index in [2.05, 4.69) is 21.3 Å². The highest BCUT2D eigenvalue weighted by Gasteiger charge is 2.34. The van der Waals surface area contributed by atoms with Crippen LogP contribution in [0.1, 0.15) is 24.0 Å². The summed E-state index contributed by atoms with van der Waals surface area (Å²) in [4.78, 5) is 32.8. The molecule has 2 amide bonds. The molecule has 0 aliphatic carbocycles. The predicted molar refractivity (Wildman–Crippen MR) is 106 cm³/mol. The van der Waals surface area contributed by atoms with Crippen molar-refractivity contribution in [2.75, 3.05) is 36.8 Å². The molecule has 0 atom stereocenters. The second-order valence-corrected chi connectivity index (χ2v) is 8.23. The number of amidine groups is 1. The third-order valence-corrected chi connectivity index (χ3v) is 6.06. The normalized spacial score (nSPS) is 20.9. The molecule has 0 saturated carbocycles. The van der Waals surface area contributed by atoms with Crippen molar-refractivity contribution < 1.29 is 14.3 Å².